The van der Waals surface area contributed by atoms with Crippen molar-refractivity contribution in [2.24, 2.45) is 0 Å². The predicted molar refractivity (Wildman–Crippen MR) is 79.9 cm³/mol. The van der Waals surface area contributed by atoms with Gasteiger partial charge in [-0.2, -0.15) is 0 Å². The summed E-state index contributed by atoms with van der Waals surface area (Å²) in [6.07, 6.45) is 5.93. The van der Waals surface area contributed by atoms with E-state index in [2.05, 4.69) is 34.6 Å². The molecule has 102 valence electrons. The van der Waals surface area contributed by atoms with E-state index in [1.807, 2.05) is 12.2 Å². The van der Waals surface area contributed by atoms with E-state index in [1.54, 1.807) is 5.37 Å². The van der Waals surface area contributed by atoms with E-state index in [0.717, 1.165) is 18.6 Å². The minimum atomic E-state index is -0.303. The standard InChI is InChI=1S/C15H24O2S/c1-14(2,3)16-11-15(4,5)17-13-8-6-12(10-18)7-9-13/h6,8,10H,7,9,11H2,1-5H3. The smallest absolute Gasteiger partial charge is 0.126 e. The first-order valence-electron chi connectivity index (χ1n) is 6.40. The van der Waals surface area contributed by atoms with Gasteiger partial charge in [0.2, 0.25) is 0 Å². The molecule has 0 fully saturated rings. The van der Waals surface area contributed by atoms with Crippen molar-refractivity contribution in [3.63, 3.8) is 0 Å². The van der Waals surface area contributed by atoms with Gasteiger partial charge in [-0.25, -0.2) is 0 Å². The molecule has 2 nitrogen and oxygen atoms in total. The molecule has 1 aliphatic carbocycles. The van der Waals surface area contributed by atoms with Gasteiger partial charge in [0.25, 0.3) is 0 Å². The Hall–Kier alpha value is -0.670. The first-order valence-corrected chi connectivity index (χ1v) is 6.87. The van der Waals surface area contributed by atoms with Gasteiger partial charge >= 0.3 is 0 Å². The molecule has 0 aliphatic heterocycles. The van der Waals surface area contributed by atoms with Gasteiger partial charge in [0.1, 0.15) is 5.60 Å². The second-order valence-corrected chi connectivity index (χ2v) is 6.49. The highest BCUT2D eigenvalue weighted by molar-refractivity contribution is 7.79. The van der Waals surface area contributed by atoms with Gasteiger partial charge in [0.05, 0.1) is 18.0 Å². The number of rotatable bonds is 5. The van der Waals surface area contributed by atoms with Crippen molar-refractivity contribution in [2.45, 2.75) is 58.7 Å². The predicted octanol–water partition coefficient (Wildman–Crippen LogP) is 4.20. The first kappa shape index (κ1) is 15.4. The van der Waals surface area contributed by atoms with Crippen LogP contribution in [0.1, 0.15) is 47.5 Å². The van der Waals surface area contributed by atoms with Crippen LogP contribution in [-0.4, -0.2) is 23.2 Å². The van der Waals surface area contributed by atoms with Crippen molar-refractivity contribution < 1.29 is 9.47 Å². The Morgan fingerprint density at radius 3 is 2.28 bits per heavy atom. The van der Waals surface area contributed by atoms with E-state index in [9.17, 15) is 0 Å². The molecule has 0 spiro atoms. The lowest BCUT2D eigenvalue weighted by Gasteiger charge is -2.32. The van der Waals surface area contributed by atoms with E-state index >= 15 is 0 Å². The Morgan fingerprint density at radius 1 is 1.17 bits per heavy atom. The summed E-state index contributed by atoms with van der Waals surface area (Å²) in [5.74, 6) is 1.01. The van der Waals surface area contributed by atoms with Gasteiger partial charge in [-0.15, -0.1) is 0 Å². The molecule has 0 atom stereocenters. The number of ether oxygens (including phenoxy) is 2. The molecule has 0 saturated carbocycles. The molecule has 0 radical (unpaired) electrons. The lowest BCUT2D eigenvalue weighted by atomic mass is 10.0. The average Bonchev–Trinajstić information content (AvgIpc) is 2.26. The van der Waals surface area contributed by atoms with Crippen LogP contribution in [0.3, 0.4) is 0 Å². The van der Waals surface area contributed by atoms with Gasteiger partial charge in [0, 0.05) is 11.8 Å². The Balaban J connectivity index is 2.53. The number of thiocarbonyl (C=S) groups is 1. The number of hydrogen-bond donors (Lipinski definition) is 0. The molecule has 0 aromatic carbocycles. The van der Waals surface area contributed by atoms with Gasteiger partial charge in [-0.1, -0.05) is 18.3 Å². The molecule has 0 amide bonds. The lowest BCUT2D eigenvalue weighted by Crippen LogP contribution is -2.35. The fraction of sp³-hybridized carbons (Fsp3) is 0.667. The first-order chi connectivity index (χ1) is 8.22. The third-order valence-electron chi connectivity index (χ3n) is 2.55. The maximum atomic E-state index is 6.01. The van der Waals surface area contributed by atoms with Crippen LogP contribution in [0.15, 0.2) is 23.5 Å². The Labute approximate surface area is 116 Å². The van der Waals surface area contributed by atoms with Crippen molar-refractivity contribution in [3.8, 4) is 0 Å². The van der Waals surface area contributed by atoms with Crippen molar-refractivity contribution in [1.29, 1.82) is 0 Å². The summed E-state index contributed by atoms with van der Waals surface area (Å²) < 4.78 is 11.8. The molecule has 0 heterocycles. The van der Waals surface area contributed by atoms with E-state index < -0.39 is 0 Å². The number of allylic oxidation sites excluding steroid dienone is 4. The highest BCUT2D eigenvalue weighted by atomic mass is 32.1. The molecule has 3 heteroatoms. The van der Waals surface area contributed by atoms with E-state index in [4.69, 9.17) is 21.7 Å². The second-order valence-electron chi connectivity index (χ2n) is 6.26. The van der Waals surface area contributed by atoms with Crippen molar-refractivity contribution in [3.05, 3.63) is 23.5 Å². The van der Waals surface area contributed by atoms with Crippen molar-refractivity contribution in [2.75, 3.05) is 6.61 Å². The van der Waals surface area contributed by atoms with Crippen LogP contribution in [0, 0.1) is 0 Å². The molecule has 0 saturated heterocycles. The number of hydrogen-bond acceptors (Lipinski definition) is 3. The third-order valence-corrected chi connectivity index (χ3v) is 2.86. The van der Waals surface area contributed by atoms with Gasteiger partial charge < -0.3 is 9.47 Å². The maximum Gasteiger partial charge on any atom is 0.126 e. The zero-order valence-electron chi connectivity index (χ0n) is 12.1. The summed E-state index contributed by atoms with van der Waals surface area (Å²) in [5.41, 5.74) is 0.759. The largest absolute Gasteiger partial charge is 0.490 e. The molecule has 0 unspecified atom stereocenters. The summed E-state index contributed by atoms with van der Waals surface area (Å²) >= 11 is 4.92. The molecule has 0 aromatic heterocycles. The van der Waals surface area contributed by atoms with Crippen molar-refractivity contribution in [1.82, 2.24) is 0 Å². The highest BCUT2D eigenvalue weighted by Gasteiger charge is 2.25. The van der Waals surface area contributed by atoms with Crippen LogP contribution in [0.4, 0.5) is 0 Å². The molecule has 1 rings (SSSR count). The van der Waals surface area contributed by atoms with Crippen molar-refractivity contribution >= 4 is 17.6 Å². The SMILES string of the molecule is CC(C)(C)OCC(C)(C)OC1=CC=C(C=S)CC1. The van der Waals surface area contributed by atoms with Gasteiger partial charge in [-0.05, 0) is 52.7 Å². The van der Waals surface area contributed by atoms with E-state index in [0.29, 0.717) is 6.61 Å². The topological polar surface area (TPSA) is 18.5 Å². The monoisotopic (exact) mass is 268 g/mol. The van der Waals surface area contributed by atoms with Crippen LogP contribution in [-0.2, 0) is 9.47 Å². The minimum Gasteiger partial charge on any atom is -0.490 e. The Kier molecular flexibility index (Phi) is 5.11. The van der Waals surface area contributed by atoms with Crippen LogP contribution < -0.4 is 0 Å². The van der Waals surface area contributed by atoms with Crippen LogP contribution >= 0.6 is 12.2 Å². The molecular weight excluding hydrogens is 244 g/mol. The van der Waals surface area contributed by atoms with E-state index in [1.165, 1.54) is 5.57 Å². The van der Waals surface area contributed by atoms with Crippen LogP contribution in [0.25, 0.3) is 0 Å². The molecule has 0 bridgehead atoms. The van der Waals surface area contributed by atoms with Crippen LogP contribution in [0.2, 0.25) is 0 Å². The molecule has 0 N–H and O–H groups in total. The molecule has 18 heavy (non-hydrogen) atoms. The fourth-order valence-corrected chi connectivity index (χ4v) is 1.79. The van der Waals surface area contributed by atoms with Gasteiger partial charge in [-0.3, -0.25) is 0 Å². The Bertz CT molecular complexity index is 359. The third kappa shape index (κ3) is 5.78. The average molecular weight is 268 g/mol. The second kappa shape index (κ2) is 5.98. The summed E-state index contributed by atoms with van der Waals surface area (Å²) in [4.78, 5) is 0. The normalized spacial score (nSPS) is 16.9. The molecule has 0 aromatic rings. The summed E-state index contributed by atoms with van der Waals surface area (Å²) in [6, 6.07) is 0. The zero-order valence-corrected chi connectivity index (χ0v) is 12.9. The molecular formula is C15H24O2S. The minimum absolute atomic E-state index is 0.133. The van der Waals surface area contributed by atoms with Crippen LogP contribution in [0.5, 0.6) is 0 Å². The summed E-state index contributed by atoms with van der Waals surface area (Å²) in [6.45, 7) is 10.8. The summed E-state index contributed by atoms with van der Waals surface area (Å²) in [5, 5.41) is 1.74. The van der Waals surface area contributed by atoms with E-state index in [-0.39, 0.29) is 11.2 Å². The lowest BCUT2D eigenvalue weighted by molar-refractivity contribution is -0.0958. The zero-order chi connectivity index (χ0) is 13.8. The quantitative estimate of drug-likeness (QED) is 0.696. The fourth-order valence-electron chi connectivity index (χ4n) is 1.59. The Morgan fingerprint density at radius 2 is 1.83 bits per heavy atom. The van der Waals surface area contributed by atoms with Gasteiger partial charge in [0.15, 0.2) is 0 Å². The highest BCUT2D eigenvalue weighted by Crippen LogP contribution is 2.25. The molecule has 1 aliphatic rings. The summed E-state index contributed by atoms with van der Waals surface area (Å²) in [7, 11) is 0. The maximum absolute atomic E-state index is 6.01.